The highest BCUT2D eigenvalue weighted by Crippen LogP contribution is 2.32. The van der Waals surface area contributed by atoms with Gasteiger partial charge in [-0.25, -0.2) is 0 Å². The Kier molecular flexibility index (Phi) is 7.20. The van der Waals surface area contributed by atoms with Crippen LogP contribution in [0.15, 0.2) is 18.2 Å². The molecule has 0 saturated carbocycles. The minimum absolute atomic E-state index is 0.310. The van der Waals surface area contributed by atoms with Gasteiger partial charge in [-0.15, -0.1) is 0 Å². The lowest BCUT2D eigenvalue weighted by atomic mass is 10.0. The summed E-state index contributed by atoms with van der Waals surface area (Å²) in [5, 5.41) is 11.2. The molecule has 1 unspecified atom stereocenters. The van der Waals surface area contributed by atoms with Gasteiger partial charge in [-0.1, -0.05) is 6.07 Å². The number of amides is 1. The van der Waals surface area contributed by atoms with Crippen LogP contribution in [0.1, 0.15) is 18.0 Å². The van der Waals surface area contributed by atoms with Crippen LogP contribution in [0.2, 0.25) is 0 Å². The van der Waals surface area contributed by atoms with E-state index in [1.54, 1.807) is 0 Å². The van der Waals surface area contributed by atoms with Gasteiger partial charge >= 0.3 is 11.5 Å². The van der Waals surface area contributed by atoms with Gasteiger partial charge in [0.2, 0.25) is 5.91 Å². The van der Waals surface area contributed by atoms with Crippen molar-refractivity contribution in [3.05, 3.63) is 23.8 Å². The van der Waals surface area contributed by atoms with Crippen LogP contribution < -0.4 is 14.8 Å². The van der Waals surface area contributed by atoms with Crippen molar-refractivity contribution < 1.29 is 37.3 Å². The van der Waals surface area contributed by atoms with E-state index in [1.165, 1.54) is 32.4 Å². The van der Waals surface area contributed by atoms with E-state index in [4.69, 9.17) is 14.6 Å². The molecule has 6 nitrogen and oxygen atoms in total. The fourth-order valence-electron chi connectivity index (χ4n) is 1.88. The van der Waals surface area contributed by atoms with Crippen LogP contribution in [0.3, 0.4) is 0 Å². The van der Waals surface area contributed by atoms with Crippen molar-refractivity contribution in [2.75, 3.05) is 20.0 Å². The molecule has 1 aromatic carbocycles. The molecule has 0 bridgehead atoms. The first-order chi connectivity index (χ1) is 11.2. The third-order valence-electron chi connectivity index (χ3n) is 2.89. The van der Waals surface area contributed by atoms with Crippen LogP contribution in [0.5, 0.6) is 11.5 Å². The molecule has 0 radical (unpaired) electrons. The summed E-state index contributed by atoms with van der Waals surface area (Å²) in [6.45, 7) is 0. The van der Waals surface area contributed by atoms with E-state index in [1.807, 2.05) is 0 Å². The Bertz CT molecular complexity index is 594. The molecule has 0 spiro atoms. The molecule has 0 aliphatic rings. The van der Waals surface area contributed by atoms with Crippen molar-refractivity contribution >= 4 is 23.6 Å². The summed E-state index contributed by atoms with van der Waals surface area (Å²) in [6.07, 6.45) is -0.488. The number of hydrogen-bond donors (Lipinski definition) is 2. The van der Waals surface area contributed by atoms with Crippen LogP contribution in [-0.2, 0) is 9.59 Å². The number of hydrogen-bond acceptors (Lipinski definition) is 5. The number of carbonyl (C=O) groups excluding carboxylic acids is 1. The number of carbonyl (C=O) groups is 2. The van der Waals surface area contributed by atoms with Crippen LogP contribution in [-0.4, -0.2) is 42.5 Å². The normalized spacial score (nSPS) is 12.4. The standard InChI is InChI=1S/C14H16F3NO5S/c1-22-10-4-3-8(5-11(10)23-2)9(6-13(20)21)18-12(19)7-24-14(15,16)17/h3-5,9H,6-7H2,1-2H3,(H,18,19)(H,20,21). The number of thioether (sulfide) groups is 1. The Morgan fingerprint density at radius 1 is 1.25 bits per heavy atom. The van der Waals surface area contributed by atoms with Crippen LogP contribution in [0, 0.1) is 0 Å². The zero-order chi connectivity index (χ0) is 18.3. The summed E-state index contributed by atoms with van der Waals surface area (Å²) < 4.78 is 46.5. The van der Waals surface area contributed by atoms with E-state index in [-0.39, 0.29) is 0 Å². The maximum Gasteiger partial charge on any atom is 0.442 e. The Hall–Kier alpha value is -2.10. The van der Waals surface area contributed by atoms with Crippen molar-refractivity contribution in [3.63, 3.8) is 0 Å². The molecule has 0 saturated heterocycles. The molecule has 24 heavy (non-hydrogen) atoms. The molecule has 2 N–H and O–H groups in total. The molecule has 1 atom stereocenters. The highest BCUT2D eigenvalue weighted by Gasteiger charge is 2.30. The smallest absolute Gasteiger partial charge is 0.442 e. The van der Waals surface area contributed by atoms with E-state index in [0.717, 1.165) is 0 Å². The molecule has 0 heterocycles. The van der Waals surface area contributed by atoms with Gasteiger partial charge in [-0.05, 0) is 29.5 Å². The first kappa shape index (κ1) is 19.9. The van der Waals surface area contributed by atoms with Crippen molar-refractivity contribution in [1.82, 2.24) is 5.32 Å². The number of halogens is 3. The van der Waals surface area contributed by atoms with Crippen molar-refractivity contribution in [3.8, 4) is 11.5 Å². The minimum Gasteiger partial charge on any atom is -0.493 e. The Morgan fingerprint density at radius 3 is 2.38 bits per heavy atom. The highest BCUT2D eigenvalue weighted by atomic mass is 32.2. The predicted molar refractivity (Wildman–Crippen MR) is 81.2 cm³/mol. The molecule has 134 valence electrons. The number of alkyl halides is 3. The van der Waals surface area contributed by atoms with Crippen molar-refractivity contribution in [2.24, 2.45) is 0 Å². The number of methoxy groups -OCH3 is 2. The van der Waals surface area contributed by atoms with Gasteiger partial charge in [0.1, 0.15) is 0 Å². The Labute approximate surface area is 140 Å². The Balaban J connectivity index is 2.93. The molecular weight excluding hydrogens is 351 g/mol. The average Bonchev–Trinajstić information content (AvgIpc) is 2.50. The zero-order valence-electron chi connectivity index (χ0n) is 12.8. The van der Waals surface area contributed by atoms with Crippen molar-refractivity contribution in [1.29, 1.82) is 0 Å². The number of rotatable bonds is 8. The molecule has 0 aliphatic carbocycles. The summed E-state index contributed by atoms with van der Waals surface area (Å²) in [7, 11) is 2.80. The monoisotopic (exact) mass is 367 g/mol. The summed E-state index contributed by atoms with van der Waals surface area (Å²) in [6, 6.07) is 3.48. The molecule has 0 fully saturated rings. The molecule has 10 heteroatoms. The fraction of sp³-hybridized carbons (Fsp3) is 0.429. The summed E-state index contributed by atoms with van der Waals surface area (Å²) in [5.41, 5.74) is -4.16. The van der Waals surface area contributed by atoms with Gasteiger partial charge in [0, 0.05) is 0 Å². The first-order valence-electron chi connectivity index (χ1n) is 6.60. The fourth-order valence-corrected chi connectivity index (χ4v) is 2.26. The number of ether oxygens (including phenoxy) is 2. The molecular formula is C14H16F3NO5S. The number of aliphatic carboxylic acids is 1. The lowest BCUT2D eigenvalue weighted by Gasteiger charge is -2.19. The minimum atomic E-state index is -4.54. The van der Waals surface area contributed by atoms with Gasteiger partial charge in [-0.2, -0.15) is 13.2 Å². The second kappa shape index (κ2) is 8.67. The summed E-state index contributed by atoms with van der Waals surface area (Å²) in [5.74, 6) is -2.28. The lowest BCUT2D eigenvalue weighted by molar-refractivity contribution is -0.137. The summed E-state index contributed by atoms with van der Waals surface area (Å²) >= 11 is -0.493. The van der Waals surface area contributed by atoms with Gasteiger partial charge in [-0.3, -0.25) is 9.59 Å². The van der Waals surface area contributed by atoms with Gasteiger partial charge < -0.3 is 19.9 Å². The number of benzene rings is 1. The maximum atomic E-state index is 12.1. The zero-order valence-corrected chi connectivity index (χ0v) is 13.7. The van der Waals surface area contributed by atoms with E-state index in [2.05, 4.69) is 5.32 Å². The lowest BCUT2D eigenvalue weighted by Crippen LogP contribution is -2.32. The van der Waals surface area contributed by atoms with E-state index >= 15 is 0 Å². The average molecular weight is 367 g/mol. The van der Waals surface area contributed by atoms with E-state index < -0.39 is 47.4 Å². The topological polar surface area (TPSA) is 84.9 Å². The van der Waals surface area contributed by atoms with Gasteiger partial charge in [0.25, 0.3) is 0 Å². The molecule has 0 aromatic heterocycles. The molecule has 0 aliphatic heterocycles. The van der Waals surface area contributed by atoms with Gasteiger partial charge in [0.15, 0.2) is 11.5 Å². The number of carboxylic acids is 1. The number of carboxylic acid groups (broad SMARTS) is 1. The maximum absolute atomic E-state index is 12.1. The number of nitrogens with one attached hydrogen (secondary N) is 1. The van der Waals surface area contributed by atoms with E-state index in [9.17, 15) is 22.8 Å². The second-order valence-electron chi connectivity index (χ2n) is 4.57. The van der Waals surface area contributed by atoms with Gasteiger partial charge in [0.05, 0.1) is 32.4 Å². The third-order valence-corrected chi connectivity index (χ3v) is 3.62. The van der Waals surface area contributed by atoms with Crippen molar-refractivity contribution in [2.45, 2.75) is 18.0 Å². The molecule has 1 aromatic rings. The summed E-state index contributed by atoms with van der Waals surface area (Å²) in [4.78, 5) is 22.6. The predicted octanol–water partition coefficient (Wildman–Crippen LogP) is 2.59. The SMILES string of the molecule is COc1ccc(C(CC(=O)O)NC(=O)CSC(F)(F)F)cc1OC. The van der Waals surface area contributed by atoms with E-state index in [0.29, 0.717) is 17.1 Å². The molecule has 1 amide bonds. The van der Waals surface area contributed by atoms with Crippen LogP contribution in [0.4, 0.5) is 13.2 Å². The van der Waals surface area contributed by atoms with Crippen LogP contribution >= 0.6 is 11.8 Å². The highest BCUT2D eigenvalue weighted by molar-refractivity contribution is 8.00. The first-order valence-corrected chi connectivity index (χ1v) is 7.58. The quantitative estimate of drug-likeness (QED) is 0.735. The Morgan fingerprint density at radius 2 is 1.88 bits per heavy atom. The largest absolute Gasteiger partial charge is 0.493 e. The second-order valence-corrected chi connectivity index (χ2v) is 5.61. The third kappa shape index (κ3) is 6.57. The molecule has 1 rings (SSSR count). The van der Waals surface area contributed by atoms with Crippen LogP contribution in [0.25, 0.3) is 0 Å².